The Labute approximate surface area is 94.5 Å². The van der Waals surface area contributed by atoms with E-state index in [0.29, 0.717) is 5.56 Å². The zero-order chi connectivity index (χ0) is 12.3. The molecule has 1 N–H and O–H groups in total. The molecule has 0 radical (unpaired) electrons. The number of nitrogens with one attached hydrogen (secondary N) is 1. The second kappa shape index (κ2) is 4.44. The van der Waals surface area contributed by atoms with Gasteiger partial charge >= 0.3 is 5.76 Å². The number of nitro benzene ring substituents is 1. The van der Waals surface area contributed by atoms with Gasteiger partial charge in [0, 0.05) is 18.2 Å². The van der Waals surface area contributed by atoms with Crippen LogP contribution in [-0.4, -0.2) is 15.1 Å². The van der Waals surface area contributed by atoms with Gasteiger partial charge in [-0.15, -0.1) is 5.10 Å². The van der Waals surface area contributed by atoms with E-state index in [1.54, 1.807) is 18.2 Å². The molecule has 1 aromatic heterocycles. The van der Waals surface area contributed by atoms with Crippen LogP contribution in [0.5, 0.6) is 0 Å². The molecule has 17 heavy (non-hydrogen) atoms. The average Bonchev–Trinajstić information content (AvgIpc) is 2.73. The number of non-ortho nitro benzene ring substituents is 1. The molecule has 0 amide bonds. The Morgan fingerprint density at radius 2 is 2.24 bits per heavy atom. The predicted molar refractivity (Wildman–Crippen MR) is 59.1 cm³/mol. The summed E-state index contributed by atoms with van der Waals surface area (Å²) in [4.78, 5) is 20.7. The van der Waals surface area contributed by atoms with E-state index < -0.39 is 10.7 Å². The zero-order valence-electron chi connectivity index (χ0n) is 8.49. The fourth-order valence-corrected chi connectivity index (χ4v) is 1.22. The standard InChI is InChI=1S/C10H7N3O4/c14-10-12-11-9(17-10)5-4-7-2-1-3-8(6-7)13(15)16/h1-6H,(H,12,14)/b5-4+. The molecule has 7 nitrogen and oxygen atoms in total. The van der Waals surface area contributed by atoms with Crippen LogP contribution < -0.4 is 5.76 Å². The number of aromatic nitrogens is 2. The minimum Gasteiger partial charge on any atom is -0.388 e. The lowest BCUT2D eigenvalue weighted by molar-refractivity contribution is -0.384. The van der Waals surface area contributed by atoms with E-state index >= 15 is 0 Å². The van der Waals surface area contributed by atoms with Crippen molar-refractivity contribution in [3.8, 4) is 0 Å². The van der Waals surface area contributed by atoms with Gasteiger partial charge in [-0.3, -0.25) is 10.1 Å². The molecule has 0 saturated carbocycles. The SMILES string of the molecule is O=c1[nH]nc(/C=C/c2cccc([N+](=O)[O-])c2)o1. The zero-order valence-corrected chi connectivity index (χ0v) is 8.49. The van der Waals surface area contributed by atoms with Crippen molar-refractivity contribution in [2.45, 2.75) is 0 Å². The molecular formula is C10H7N3O4. The number of rotatable bonds is 3. The molecule has 0 spiro atoms. The van der Waals surface area contributed by atoms with Crippen LogP contribution in [0.4, 0.5) is 5.69 Å². The number of benzene rings is 1. The largest absolute Gasteiger partial charge is 0.434 e. The van der Waals surface area contributed by atoms with E-state index in [4.69, 9.17) is 0 Å². The number of aromatic amines is 1. The maximum absolute atomic E-state index is 10.6. The van der Waals surface area contributed by atoms with Crippen molar-refractivity contribution in [2.24, 2.45) is 0 Å². The molecule has 0 bridgehead atoms. The van der Waals surface area contributed by atoms with Crippen LogP contribution in [0, 0.1) is 10.1 Å². The summed E-state index contributed by atoms with van der Waals surface area (Å²) in [7, 11) is 0. The van der Waals surface area contributed by atoms with Crippen molar-refractivity contribution in [3.63, 3.8) is 0 Å². The Morgan fingerprint density at radius 1 is 1.41 bits per heavy atom. The molecule has 2 aromatic rings. The molecule has 0 atom stereocenters. The maximum Gasteiger partial charge on any atom is 0.434 e. The van der Waals surface area contributed by atoms with Crippen LogP contribution in [0.15, 0.2) is 33.5 Å². The van der Waals surface area contributed by atoms with Crippen LogP contribution in [0.3, 0.4) is 0 Å². The van der Waals surface area contributed by atoms with E-state index in [-0.39, 0.29) is 11.6 Å². The van der Waals surface area contributed by atoms with Gasteiger partial charge in [-0.25, -0.2) is 9.89 Å². The third-order valence-electron chi connectivity index (χ3n) is 1.95. The van der Waals surface area contributed by atoms with E-state index in [1.807, 2.05) is 0 Å². The molecule has 0 aliphatic carbocycles. The van der Waals surface area contributed by atoms with E-state index in [1.165, 1.54) is 18.2 Å². The summed E-state index contributed by atoms with van der Waals surface area (Å²) in [5, 5.41) is 16.2. The molecule has 0 saturated heterocycles. The van der Waals surface area contributed by atoms with Crippen LogP contribution >= 0.6 is 0 Å². The monoisotopic (exact) mass is 233 g/mol. The van der Waals surface area contributed by atoms with Gasteiger partial charge in [-0.1, -0.05) is 12.1 Å². The number of H-pyrrole nitrogens is 1. The minimum atomic E-state index is -0.649. The Hall–Kier alpha value is -2.70. The predicted octanol–water partition coefficient (Wildman–Crippen LogP) is 1.44. The number of hydrogen-bond acceptors (Lipinski definition) is 5. The van der Waals surface area contributed by atoms with Crippen molar-refractivity contribution < 1.29 is 9.34 Å². The summed E-state index contributed by atoms with van der Waals surface area (Å²) in [6.45, 7) is 0. The Morgan fingerprint density at radius 3 is 2.88 bits per heavy atom. The lowest BCUT2D eigenvalue weighted by atomic mass is 10.2. The average molecular weight is 233 g/mol. The van der Waals surface area contributed by atoms with Gasteiger partial charge < -0.3 is 4.42 Å². The molecule has 1 aromatic carbocycles. The molecule has 2 rings (SSSR count). The lowest BCUT2D eigenvalue weighted by Gasteiger charge is -1.93. The highest BCUT2D eigenvalue weighted by Crippen LogP contribution is 2.14. The van der Waals surface area contributed by atoms with Gasteiger partial charge in [-0.05, 0) is 11.6 Å². The van der Waals surface area contributed by atoms with Crippen LogP contribution in [0.25, 0.3) is 12.2 Å². The fraction of sp³-hybridized carbons (Fsp3) is 0. The first-order valence-corrected chi connectivity index (χ1v) is 4.63. The van der Waals surface area contributed by atoms with Gasteiger partial charge in [0.1, 0.15) is 0 Å². The molecule has 0 unspecified atom stereocenters. The number of nitro groups is 1. The molecular weight excluding hydrogens is 226 g/mol. The highest BCUT2D eigenvalue weighted by atomic mass is 16.6. The minimum absolute atomic E-state index is 0.00405. The van der Waals surface area contributed by atoms with Crippen LogP contribution in [0.1, 0.15) is 11.5 Å². The second-order valence-electron chi connectivity index (χ2n) is 3.14. The van der Waals surface area contributed by atoms with Crippen LogP contribution in [-0.2, 0) is 0 Å². The van der Waals surface area contributed by atoms with E-state index in [0.717, 1.165) is 0 Å². The van der Waals surface area contributed by atoms with Crippen molar-refractivity contribution in [1.29, 1.82) is 0 Å². The summed E-state index contributed by atoms with van der Waals surface area (Å²) in [6, 6.07) is 6.06. The van der Waals surface area contributed by atoms with Gasteiger partial charge in [0.15, 0.2) is 0 Å². The van der Waals surface area contributed by atoms with Crippen LogP contribution in [0.2, 0.25) is 0 Å². The third kappa shape index (κ3) is 2.65. The normalized spacial score (nSPS) is 10.8. The highest BCUT2D eigenvalue weighted by molar-refractivity contribution is 5.67. The first kappa shape index (κ1) is 10.8. The molecule has 1 heterocycles. The molecule has 0 fully saturated rings. The molecule has 0 aliphatic rings. The Kier molecular flexibility index (Phi) is 2.82. The summed E-state index contributed by atoms with van der Waals surface area (Å²) >= 11 is 0. The van der Waals surface area contributed by atoms with Crippen molar-refractivity contribution in [2.75, 3.05) is 0 Å². The first-order valence-electron chi connectivity index (χ1n) is 4.63. The molecule has 7 heteroatoms. The topological polar surface area (TPSA) is 102 Å². The van der Waals surface area contributed by atoms with E-state index in [2.05, 4.69) is 14.6 Å². The third-order valence-corrected chi connectivity index (χ3v) is 1.95. The maximum atomic E-state index is 10.6. The lowest BCUT2D eigenvalue weighted by Crippen LogP contribution is -1.93. The fourth-order valence-electron chi connectivity index (χ4n) is 1.22. The van der Waals surface area contributed by atoms with E-state index in [9.17, 15) is 14.9 Å². The summed E-state index contributed by atoms with van der Waals surface area (Å²) < 4.78 is 4.64. The summed E-state index contributed by atoms with van der Waals surface area (Å²) in [5.41, 5.74) is 0.612. The first-order chi connectivity index (χ1) is 8.15. The van der Waals surface area contributed by atoms with Gasteiger partial charge in [0.25, 0.3) is 5.69 Å². The highest BCUT2D eigenvalue weighted by Gasteiger charge is 2.03. The van der Waals surface area contributed by atoms with Crippen molar-refractivity contribution in [1.82, 2.24) is 10.2 Å². The van der Waals surface area contributed by atoms with Crippen molar-refractivity contribution >= 4 is 17.8 Å². The Balaban J connectivity index is 2.24. The van der Waals surface area contributed by atoms with Gasteiger partial charge in [-0.2, -0.15) is 0 Å². The quantitative estimate of drug-likeness (QED) is 0.638. The molecule has 0 aliphatic heterocycles. The van der Waals surface area contributed by atoms with Gasteiger partial charge in [0.2, 0.25) is 5.89 Å². The molecule has 86 valence electrons. The van der Waals surface area contributed by atoms with Crippen molar-refractivity contribution in [3.05, 3.63) is 56.4 Å². The Bertz CT molecular complexity index is 626. The second-order valence-corrected chi connectivity index (χ2v) is 3.14. The van der Waals surface area contributed by atoms with Gasteiger partial charge in [0.05, 0.1) is 4.92 Å². The smallest absolute Gasteiger partial charge is 0.388 e. The summed E-state index contributed by atoms with van der Waals surface area (Å²) in [5.74, 6) is -0.537. The summed E-state index contributed by atoms with van der Waals surface area (Å²) in [6.07, 6.45) is 3.00. The number of hydrogen-bond donors (Lipinski definition) is 1. The number of nitrogens with zero attached hydrogens (tertiary/aromatic N) is 2.